The van der Waals surface area contributed by atoms with Crippen LogP contribution in [0.4, 0.5) is 4.79 Å². The third-order valence-corrected chi connectivity index (χ3v) is 3.14. The molecule has 0 aromatic rings. The zero-order valence-electron chi connectivity index (χ0n) is 10.5. The number of carbonyl (C=O) groups is 1. The van der Waals surface area contributed by atoms with Gasteiger partial charge in [-0.15, -0.1) is 0 Å². The normalized spacial score (nSPS) is 30.1. The zero-order chi connectivity index (χ0) is 11.8. The number of hydrogen-bond acceptors (Lipinski definition) is 3. The molecule has 4 heteroatoms. The lowest BCUT2D eigenvalue weighted by Crippen LogP contribution is -2.53. The van der Waals surface area contributed by atoms with Gasteiger partial charge in [-0.1, -0.05) is 0 Å². The van der Waals surface area contributed by atoms with Crippen molar-refractivity contribution < 1.29 is 11.0 Å². The zero-order valence-corrected chi connectivity index (χ0v) is 10.5. The maximum absolute atomic E-state index is 11.9. The van der Waals surface area contributed by atoms with Gasteiger partial charge in [-0.2, -0.15) is 0 Å². The van der Waals surface area contributed by atoms with Crippen LogP contribution in [0.25, 0.3) is 0 Å². The Balaban J connectivity index is 0.00000144. The van der Waals surface area contributed by atoms with Crippen LogP contribution in [0, 0.1) is 11.8 Å². The lowest BCUT2D eigenvalue weighted by molar-refractivity contribution is 0.00578. The third kappa shape index (κ3) is 2.88. The summed E-state index contributed by atoms with van der Waals surface area (Å²) in [7, 11) is 0. The van der Waals surface area contributed by atoms with E-state index in [2.05, 4.69) is 5.32 Å². The Morgan fingerprint density at radius 2 is 1.88 bits per heavy atom. The van der Waals surface area contributed by atoms with Crippen molar-refractivity contribution in [2.75, 3.05) is 26.2 Å². The summed E-state index contributed by atoms with van der Waals surface area (Å²) < 4.78 is 5.41. The smallest absolute Gasteiger partial charge is 0.410 e. The van der Waals surface area contributed by atoms with Crippen molar-refractivity contribution in [2.24, 2.45) is 11.8 Å². The maximum atomic E-state index is 11.9. The third-order valence-electron chi connectivity index (χ3n) is 3.14. The number of rotatable bonds is 0. The highest BCUT2D eigenvalue weighted by molar-refractivity contribution is 5.68. The van der Waals surface area contributed by atoms with Gasteiger partial charge in [0, 0.05) is 14.5 Å². The summed E-state index contributed by atoms with van der Waals surface area (Å²) in [5.41, 5.74) is -0.387. The standard InChI is InChI=1S/C12H22N2O2.H2/c1-12(2,3)16-11(15)14-7-9-4-10(8-14)6-13-5-9;/h9-10,13H,4-8H2,1-3H3;1H. The molecule has 0 aromatic carbocycles. The van der Waals surface area contributed by atoms with Crippen LogP contribution in [0.1, 0.15) is 28.6 Å². The van der Waals surface area contributed by atoms with Gasteiger partial charge < -0.3 is 15.0 Å². The summed E-state index contributed by atoms with van der Waals surface area (Å²) >= 11 is 0. The molecule has 2 bridgehead atoms. The molecule has 2 aliphatic rings. The second kappa shape index (κ2) is 4.24. The molecule has 2 unspecified atom stereocenters. The molecule has 16 heavy (non-hydrogen) atoms. The molecule has 0 spiro atoms. The summed E-state index contributed by atoms with van der Waals surface area (Å²) in [6.07, 6.45) is 1.11. The van der Waals surface area contributed by atoms with Crippen LogP contribution in [0.2, 0.25) is 0 Å². The summed E-state index contributed by atoms with van der Waals surface area (Å²) in [6.45, 7) is 9.51. The van der Waals surface area contributed by atoms with Gasteiger partial charge in [0.1, 0.15) is 5.60 Å². The van der Waals surface area contributed by atoms with Crippen LogP contribution < -0.4 is 5.32 Å². The minimum Gasteiger partial charge on any atom is -0.444 e. The van der Waals surface area contributed by atoms with Crippen molar-refractivity contribution in [3.05, 3.63) is 0 Å². The van der Waals surface area contributed by atoms with E-state index in [-0.39, 0.29) is 13.1 Å². The largest absolute Gasteiger partial charge is 0.444 e. The molecular formula is C12H24N2O2. The number of nitrogens with one attached hydrogen (secondary N) is 1. The molecule has 4 nitrogen and oxygen atoms in total. The molecule has 0 radical (unpaired) electrons. The number of hydrogen-bond donors (Lipinski definition) is 1. The molecule has 2 heterocycles. The van der Waals surface area contributed by atoms with E-state index >= 15 is 0 Å². The Kier molecular flexibility index (Phi) is 3.10. The van der Waals surface area contributed by atoms with Crippen LogP contribution >= 0.6 is 0 Å². The monoisotopic (exact) mass is 228 g/mol. The van der Waals surface area contributed by atoms with Crippen LogP contribution in [-0.2, 0) is 4.74 Å². The first-order valence-corrected chi connectivity index (χ1v) is 6.13. The first-order valence-electron chi connectivity index (χ1n) is 6.13. The Hall–Kier alpha value is -0.770. The molecule has 2 atom stereocenters. The first-order chi connectivity index (χ1) is 7.44. The summed E-state index contributed by atoms with van der Waals surface area (Å²) in [4.78, 5) is 13.8. The topological polar surface area (TPSA) is 41.6 Å². The van der Waals surface area contributed by atoms with E-state index in [1.165, 1.54) is 6.42 Å². The fourth-order valence-corrected chi connectivity index (χ4v) is 2.58. The minimum atomic E-state index is -0.387. The quantitative estimate of drug-likeness (QED) is 0.686. The SMILES string of the molecule is CC(C)(C)OC(=O)N1CC2CNCC(C2)C1.[HH]. The second-order valence-electron chi connectivity index (χ2n) is 6.01. The fourth-order valence-electron chi connectivity index (χ4n) is 2.58. The lowest BCUT2D eigenvalue weighted by Gasteiger charge is -2.41. The Morgan fingerprint density at radius 3 is 2.38 bits per heavy atom. The van der Waals surface area contributed by atoms with Gasteiger partial charge in [0.15, 0.2) is 0 Å². The molecular weight excluding hydrogens is 204 g/mol. The second-order valence-corrected chi connectivity index (χ2v) is 6.01. The van der Waals surface area contributed by atoms with Gasteiger partial charge in [-0.05, 0) is 52.1 Å². The van der Waals surface area contributed by atoms with Gasteiger partial charge >= 0.3 is 6.09 Å². The van der Waals surface area contributed by atoms with Crippen LogP contribution in [0.5, 0.6) is 0 Å². The van der Waals surface area contributed by atoms with Crippen molar-refractivity contribution in [2.45, 2.75) is 32.8 Å². The van der Waals surface area contributed by atoms with E-state index in [0.29, 0.717) is 11.8 Å². The molecule has 2 aliphatic heterocycles. The molecule has 0 aromatic heterocycles. The predicted molar refractivity (Wildman–Crippen MR) is 64.4 cm³/mol. The number of piperidine rings is 2. The number of fused-ring (bicyclic) bond motifs is 2. The van der Waals surface area contributed by atoms with E-state index in [4.69, 9.17) is 4.74 Å². The Labute approximate surface area is 98.8 Å². The van der Waals surface area contributed by atoms with Crippen LogP contribution in [-0.4, -0.2) is 42.8 Å². The Bertz CT molecular complexity index is 266. The lowest BCUT2D eigenvalue weighted by atomic mass is 9.86. The first kappa shape index (κ1) is 11.7. The highest BCUT2D eigenvalue weighted by atomic mass is 16.6. The molecule has 2 fully saturated rings. The summed E-state index contributed by atoms with van der Waals surface area (Å²) in [5, 5.41) is 3.42. The molecule has 2 rings (SSSR count). The van der Waals surface area contributed by atoms with Gasteiger partial charge in [0.25, 0.3) is 0 Å². The average Bonchev–Trinajstić information content (AvgIpc) is 2.14. The van der Waals surface area contributed by atoms with Crippen molar-refractivity contribution in [1.29, 1.82) is 0 Å². The van der Waals surface area contributed by atoms with Gasteiger partial charge in [0.2, 0.25) is 0 Å². The molecule has 2 saturated heterocycles. The van der Waals surface area contributed by atoms with E-state index in [0.717, 1.165) is 26.2 Å². The molecule has 94 valence electrons. The Morgan fingerprint density at radius 1 is 1.31 bits per heavy atom. The van der Waals surface area contributed by atoms with Crippen LogP contribution in [0.15, 0.2) is 0 Å². The molecule has 0 aliphatic carbocycles. The molecule has 1 N–H and O–H groups in total. The highest BCUT2D eigenvalue weighted by Crippen LogP contribution is 2.25. The average molecular weight is 228 g/mol. The summed E-state index contributed by atoms with van der Waals surface area (Å²) in [6, 6.07) is 0. The fraction of sp³-hybridized carbons (Fsp3) is 0.917. The van der Waals surface area contributed by atoms with Crippen molar-refractivity contribution in [3.8, 4) is 0 Å². The molecule has 0 saturated carbocycles. The van der Waals surface area contributed by atoms with E-state index in [9.17, 15) is 4.79 Å². The number of carbonyl (C=O) groups excluding carboxylic acids is 1. The number of ether oxygens (including phenoxy) is 1. The van der Waals surface area contributed by atoms with Crippen molar-refractivity contribution >= 4 is 6.09 Å². The molecule has 1 amide bonds. The minimum absolute atomic E-state index is 0. The van der Waals surface area contributed by atoms with E-state index < -0.39 is 0 Å². The highest BCUT2D eigenvalue weighted by Gasteiger charge is 2.34. The number of likely N-dealkylation sites (tertiary alicyclic amines) is 1. The maximum Gasteiger partial charge on any atom is 0.410 e. The van der Waals surface area contributed by atoms with Crippen molar-refractivity contribution in [3.63, 3.8) is 0 Å². The van der Waals surface area contributed by atoms with Gasteiger partial charge in [0.05, 0.1) is 0 Å². The predicted octanol–water partition coefficient (Wildman–Crippen LogP) is 1.71. The number of nitrogens with zero attached hydrogens (tertiary/aromatic N) is 1. The van der Waals surface area contributed by atoms with Gasteiger partial charge in [-0.3, -0.25) is 0 Å². The van der Waals surface area contributed by atoms with Crippen molar-refractivity contribution in [1.82, 2.24) is 10.2 Å². The van der Waals surface area contributed by atoms with E-state index in [1.807, 2.05) is 25.7 Å². The summed E-state index contributed by atoms with van der Waals surface area (Å²) in [5.74, 6) is 1.22. The number of amides is 1. The van der Waals surface area contributed by atoms with Gasteiger partial charge in [-0.25, -0.2) is 4.79 Å². The van der Waals surface area contributed by atoms with E-state index in [1.54, 1.807) is 0 Å². The van der Waals surface area contributed by atoms with Crippen LogP contribution in [0.3, 0.4) is 0 Å².